The minimum Gasteiger partial charge on any atom is -0.399 e. The number of rotatable bonds is 3. The fraction of sp³-hybridized carbons (Fsp3) is 0.562. The number of fused-ring (bicyclic) bond motifs is 1. The fourth-order valence-electron chi connectivity index (χ4n) is 3.25. The third-order valence-electron chi connectivity index (χ3n) is 4.23. The second-order valence-corrected chi connectivity index (χ2v) is 6.13. The number of hydrogen-bond acceptors (Lipinski definition) is 2. The minimum atomic E-state index is 0.454. The van der Waals surface area contributed by atoms with Crippen molar-refractivity contribution >= 4 is 16.7 Å². The van der Waals surface area contributed by atoms with E-state index in [9.17, 15) is 0 Å². The summed E-state index contributed by atoms with van der Waals surface area (Å²) in [6, 6.07) is 6.10. The van der Waals surface area contributed by atoms with Gasteiger partial charge in [0.25, 0.3) is 0 Å². The molecule has 3 nitrogen and oxygen atoms in total. The zero-order valence-corrected chi connectivity index (χ0v) is 11.9. The van der Waals surface area contributed by atoms with Gasteiger partial charge in [-0.15, -0.1) is 0 Å². The number of imidazole rings is 1. The summed E-state index contributed by atoms with van der Waals surface area (Å²) in [5.41, 5.74) is 8.96. The Labute approximate surface area is 114 Å². The molecular formula is C16H23N3. The van der Waals surface area contributed by atoms with Gasteiger partial charge in [-0.1, -0.05) is 26.7 Å². The van der Waals surface area contributed by atoms with Crippen molar-refractivity contribution < 1.29 is 0 Å². The SMILES string of the molecule is CC(C)c1nc2cc(N)ccc2n1CC1CCCC1. The first-order valence-electron chi connectivity index (χ1n) is 7.41. The lowest BCUT2D eigenvalue weighted by molar-refractivity contribution is 0.449. The quantitative estimate of drug-likeness (QED) is 0.847. The molecule has 0 amide bonds. The molecule has 0 unspecified atom stereocenters. The Morgan fingerprint density at radius 2 is 2.05 bits per heavy atom. The molecule has 3 rings (SSSR count). The van der Waals surface area contributed by atoms with Gasteiger partial charge < -0.3 is 10.3 Å². The first-order valence-corrected chi connectivity index (χ1v) is 7.41. The van der Waals surface area contributed by atoms with E-state index in [1.165, 1.54) is 37.0 Å². The van der Waals surface area contributed by atoms with Gasteiger partial charge in [-0.25, -0.2) is 4.98 Å². The molecule has 102 valence electrons. The Hall–Kier alpha value is -1.51. The van der Waals surface area contributed by atoms with Crippen LogP contribution in [0.4, 0.5) is 5.69 Å². The molecule has 2 N–H and O–H groups in total. The molecule has 1 aliphatic rings. The molecule has 0 aliphatic heterocycles. The highest BCUT2D eigenvalue weighted by atomic mass is 15.1. The molecule has 1 heterocycles. The van der Waals surface area contributed by atoms with E-state index in [0.717, 1.165) is 23.7 Å². The van der Waals surface area contributed by atoms with Crippen LogP contribution in [-0.2, 0) is 6.54 Å². The Balaban J connectivity index is 2.05. The van der Waals surface area contributed by atoms with Crippen molar-refractivity contribution in [2.45, 2.75) is 52.0 Å². The Morgan fingerprint density at radius 3 is 2.74 bits per heavy atom. The lowest BCUT2D eigenvalue weighted by Crippen LogP contribution is -2.11. The Bertz CT molecular complexity index is 577. The van der Waals surface area contributed by atoms with Crippen molar-refractivity contribution in [1.82, 2.24) is 9.55 Å². The number of nitrogens with zero attached hydrogens (tertiary/aromatic N) is 2. The molecule has 1 saturated carbocycles. The zero-order valence-electron chi connectivity index (χ0n) is 11.9. The third kappa shape index (κ3) is 2.34. The number of nitrogen functional groups attached to an aromatic ring is 1. The Kier molecular flexibility index (Phi) is 3.21. The number of hydrogen-bond donors (Lipinski definition) is 1. The van der Waals surface area contributed by atoms with E-state index in [4.69, 9.17) is 10.7 Å². The maximum atomic E-state index is 5.87. The summed E-state index contributed by atoms with van der Waals surface area (Å²) >= 11 is 0. The highest BCUT2D eigenvalue weighted by Crippen LogP contribution is 2.30. The van der Waals surface area contributed by atoms with Crippen LogP contribution in [0.15, 0.2) is 18.2 Å². The first-order chi connectivity index (χ1) is 9.15. The van der Waals surface area contributed by atoms with Crippen LogP contribution in [0.5, 0.6) is 0 Å². The van der Waals surface area contributed by atoms with Crippen LogP contribution >= 0.6 is 0 Å². The second-order valence-electron chi connectivity index (χ2n) is 6.13. The predicted octanol–water partition coefficient (Wildman–Crippen LogP) is 3.93. The predicted molar refractivity (Wildman–Crippen MR) is 80.2 cm³/mol. The van der Waals surface area contributed by atoms with Gasteiger partial charge in [-0.3, -0.25) is 0 Å². The standard InChI is InChI=1S/C16H23N3/c1-11(2)16-18-14-9-13(17)7-8-15(14)19(16)10-12-5-3-4-6-12/h7-9,11-12H,3-6,10,17H2,1-2H3. The second kappa shape index (κ2) is 4.87. The van der Waals surface area contributed by atoms with Gasteiger partial charge in [0.05, 0.1) is 11.0 Å². The van der Waals surface area contributed by atoms with Crippen LogP contribution in [0.3, 0.4) is 0 Å². The molecule has 1 fully saturated rings. The van der Waals surface area contributed by atoms with Crippen LogP contribution in [0.2, 0.25) is 0 Å². The van der Waals surface area contributed by atoms with Crippen molar-refractivity contribution in [3.63, 3.8) is 0 Å². The topological polar surface area (TPSA) is 43.8 Å². The van der Waals surface area contributed by atoms with Gasteiger partial charge >= 0.3 is 0 Å². The lowest BCUT2D eigenvalue weighted by Gasteiger charge is -2.15. The highest BCUT2D eigenvalue weighted by Gasteiger charge is 2.20. The van der Waals surface area contributed by atoms with Gasteiger partial charge in [0, 0.05) is 18.2 Å². The summed E-state index contributed by atoms with van der Waals surface area (Å²) in [5, 5.41) is 0. The number of nitrogens with two attached hydrogens (primary N) is 1. The molecule has 1 aliphatic carbocycles. The van der Waals surface area contributed by atoms with Gasteiger partial charge in [-0.05, 0) is 37.0 Å². The van der Waals surface area contributed by atoms with E-state index in [2.05, 4.69) is 24.5 Å². The molecule has 1 aromatic carbocycles. The van der Waals surface area contributed by atoms with Crippen molar-refractivity contribution in [3.05, 3.63) is 24.0 Å². The van der Waals surface area contributed by atoms with E-state index in [1.54, 1.807) is 0 Å². The van der Waals surface area contributed by atoms with Crippen molar-refractivity contribution in [2.75, 3.05) is 5.73 Å². The van der Waals surface area contributed by atoms with E-state index >= 15 is 0 Å². The normalized spacial score (nSPS) is 16.8. The molecule has 0 spiro atoms. The summed E-state index contributed by atoms with van der Waals surface area (Å²) in [6.07, 6.45) is 5.51. The summed E-state index contributed by atoms with van der Waals surface area (Å²) in [4.78, 5) is 4.80. The van der Waals surface area contributed by atoms with Gasteiger partial charge in [-0.2, -0.15) is 0 Å². The molecule has 0 radical (unpaired) electrons. The third-order valence-corrected chi connectivity index (χ3v) is 4.23. The largest absolute Gasteiger partial charge is 0.399 e. The maximum Gasteiger partial charge on any atom is 0.112 e. The molecule has 0 atom stereocenters. The van der Waals surface area contributed by atoms with Gasteiger partial charge in [0.2, 0.25) is 0 Å². The summed E-state index contributed by atoms with van der Waals surface area (Å²) in [5.74, 6) is 2.48. The lowest BCUT2D eigenvalue weighted by atomic mass is 10.1. The molecule has 0 bridgehead atoms. The van der Waals surface area contributed by atoms with Crippen LogP contribution in [0.25, 0.3) is 11.0 Å². The van der Waals surface area contributed by atoms with E-state index in [-0.39, 0.29) is 0 Å². The fourth-order valence-corrected chi connectivity index (χ4v) is 3.25. The highest BCUT2D eigenvalue weighted by molar-refractivity contribution is 5.79. The summed E-state index contributed by atoms with van der Waals surface area (Å²) in [6.45, 7) is 5.55. The first kappa shape index (κ1) is 12.5. The number of aromatic nitrogens is 2. The summed E-state index contributed by atoms with van der Waals surface area (Å²) in [7, 11) is 0. The van der Waals surface area contributed by atoms with Crippen molar-refractivity contribution in [2.24, 2.45) is 5.92 Å². The number of benzene rings is 1. The maximum absolute atomic E-state index is 5.87. The van der Waals surface area contributed by atoms with E-state index in [0.29, 0.717) is 5.92 Å². The van der Waals surface area contributed by atoms with Gasteiger partial charge in [0.15, 0.2) is 0 Å². The zero-order chi connectivity index (χ0) is 13.4. The van der Waals surface area contributed by atoms with Crippen LogP contribution < -0.4 is 5.73 Å². The molecule has 2 aromatic rings. The van der Waals surface area contributed by atoms with Crippen LogP contribution in [-0.4, -0.2) is 9.55 Å². The average molecular weight is 257 g/mol. The molecule has 3 heteroatoms. The van der Waals surface area contributed by atoms with Gasteiger partial charge in [0.1, 0.15) is 5.82 Å². The number of anilines is 1. The van der Waals surface area contributed by atoms with Crippen LogP contribution in [0.1, 0.15) is 51.3 Å². The van der Waals surface area contributed by atoms with E-state index in [1.807, 2.05) is 12.1 Å². The smallest absolute Gasteiger partial charge is 0.112 e. The molecular weight excluding hydrogens is 234 g/mol. The monoisotopic (exact) mass is 257 g/mol. The van der Waals surface area contributed by atoms with Crippen LogP contribution in [0, 0.1) is 5.92 Å². The van der Waals surface area contributed by atoms with Crippen molar-refractivity contribution in [1.29, 1.82) is 0 Å². The minimum absolute atomic E-state index is 0.454. The summed E-state index contributed by atoms with van der Waals surface area (Å²) < 4.78 is 2.43. The molecule has 19 heavy (non-hydrogen) atoms. The Morgan fingerprint density at radius 1 is 1.32 bits per heavy atom. The average Bonchev–Trinajstić information content (AvgIpc) is 2.97. The van der Waals surface area contributed by atoms with Crippen molar-refractivity contribution in [3.8, 4) is 0 Å². The molecule has 0 saturated heterocycles. The molecule has 1 aromatic heterocycles. The van der Waals surface area contributed by atoms with E-state index < -0.39 is 0 Å².